The molecule has 134 valence electrons. The van der Waals surface area contributed by atoms with Gasteiger partial charge in [0.2, 0.25) is 5.91 Å². The summed E-state index contributed by atoms with van der Waals surface area (Å²) >= 11 is 4.69. The summed E-state index contributed by atoms with van der Waals surface area (Å²) in [6.45, 7) is 2.76. The molecular weight excluding hydrogens is 346 g/mol. The maximum absolute atomic E-state index is 12.5. The molecule has 3 rings (SSSR count). The number of hydrogen-bond donors (Lipinski definition) is 2. The number of nitrogens with one attached hydrogen (secondary N) is 1. The number of hydrogen-bond acceptors (Lipinski definition) is 4. The molecular formula is C19H21N5OS. The van der Waals surface area contributed by atoms with Gasteiger partial charge in [0, 0.05) is 25.3 Å². The zero-order chi connectivity index (χ0) is 18.4. The van der Waals surface area contributed by atoms with Gasteiger partial charge in [-0.3, -0.25) is 15.1 Å². The van der Waals surface area contributed by atoms with Crippen molar-refractivity contribution in [3.8, 4) is 0 Å². The smallest absolute Gasteiger partial charge is 0.241 e. The summed E-state index contributed by atoms with van der Waals surface area (Å²) < 4.78 is 0. The molecule has 3 N–H and O–H groups in total. The Labute approximate surface area is 158 Å². The minimum Gasteiger partial charge on any atom is -0.375 e. The Bertz CT molecular complexity index is 791. The van der Waals surface area contributed by atoms with Crippen molar-refractivity contribution in [2.24, 2.45) is 10.8 Å². The Morgan fingerprint density at radius 2 is 1.88 bits per heavy atom. The number of piperazine rings is 1. The van der Waals surface area contributed by atoms with Crippen LogP contribution in [0.25, 0.3) is 0 Å². The fourth-order valence-corrected chi connectivity index (χ4v) is 2.93. The average Bonchev–Trinajstić information content (AvgIpc) is 2.63. The molecule has 2 aromatic carbocycles. The molecule has 0 atom stereocenters. The van der Waals surface area contributed by atoms with E-state index in [1.165, 1.54) is 5.56 Å². The van der Waals surface area contributed by atoms with E-state index in [1.807, 2.05) is 47.4 Å². The Hall–Kier alpha value is -2.77. The van der Waals surface area contributed by atoms with Crippen LogP contribution in [0.2, 0.25) is 0 Å². The van der Waals surface area contributed by atoms with E-state index in [4.69, 9.17) is 5.73 Å². The van der Waals surface area contributed by atoms with E-state index in [0.29, 0.717) is 13.1 Å². The SMILES string of the molecule is NC(=S)N/N=C/c1ccc(N2CCN(Cc3ccccc3)CC2=O)cc1. The molecule has 1 fully saturated rings. The van der Waals surface area contributed by atoms with E-state index < -0.39 is 0 Å². The highest BCUT2D eigenvalue weighted by Gasteiger charge is 2.24. The minimum absolute atomic E-state index is 0.115. The van der Waals surface area contributed by atoms with Gasteiger partial charge in [-0.05, 0) is 35.5 Å². The molecule has 1 amide bonds. The number of hydrazone groups is 1. The van der Waals surface area contributed by atoms with Crippen LogP contribution in [0.5, 0.6) is 0 Å². The van der Waals surface area contributed by atoms with E-state index in [2.05, 4.69) is 39.8 Å². The van der Waals surface area contributed by atoms with Crippen molar-refractivity contribution >= 4 is 35.1 Å². The summed E-state index contributed by atoms with van der Waals surface area (Å²) in [6.07, 6.45) is 1.63. The van der Waals surface area contributed by atoms with Crippen LogP contribution in [0.1, 0.15) is 11.1 Å². The van der Waals surface area contributed by atoms with E-state index in [1.54, 1.807) is 6.21 Å². The molecule has 2 aromatic rings. The van der Waals surface area contributed by atoms with Crippen LogP contribution in [-0.4, -0.2) is 41.8 Å². The molecule has 0 aromatic heterocycles. The molecule has 1 aliphatic rings. The summed E-state index contributed by atoms with van der Waals surface area (Å²) in [5.74, 6) is 0.115. The third kappa shape index (κ3) is 4.87. The number of anilines is 1. The van der Waals surface area contributed by atoms with Gasteiger partial charge in [-0.1, -0.05) is 42.5 Å². The minimum atomic E-state index is 0.115. The molecule has 0 saturated carbocycles. The Morgan fingerprint density at radius 1 is 1.15 bits per heavy atom. The largest absolute Gasteiger partial charge is 0.375 e. The summed E-state index contributed by atoms with van der Waals surface area (Å²) in [5, 5.41) is 4.04. The van der Waals surface area contributed by atoms with Crippen molar-refractivity contribution in [1.29, 1.82) is 0 Å². The highest BCUT2D eigenvalue weighted by Crippen LogP contribution is 2.18. The predicted octanol–water partition coefficient (Wildman–Crippen LogP) is 1.70. The summed E-state index contributed by atoms with van der Waals surface area (Å²) in [6, 6.07) is 17.9. The monoisotopic (exact) mass is 367 g/mol. The summed E-state index contributed by atoms with van der Waals surface area (Å²) in [7, 11) is 0. The van der Waals surface area contributed by atoms with Gasteiger partial charge in [-0.2, -0.15) is 5.10 Å². The van der Waals surface area contributed by atoms with Crippen LogP contribution in [0.15, 0.2) is 59.7 Å². The van der Waals surface area contributed by atoms with Crippen LogP contribution in [-0.2, 0) is 11.3 Å². The first-order chi connectivity index (χ1) is 12.6. The van der Waals surface area contributed by atoms with E-state index in [0.717, 1.165) is 24.3 Å². The van der Waals surface area contributed by atoms with Crippen molar-refractivity contribution in [2.75, 3.05) is 24.5 Å². The number of benzene rings is 2. The molecule has 0 aliphatic carbocycles. The third-order valence-electron chi connectivity index (χ3n) is 4.14. The van der Waals surface area contributed by atoms with Crippen LogP contribution >= 0.6 is 12.2 Å². The fourth-order valence-electron chi connectivity index (χ4n) is 2.88. The number of amides is 1. The topological polar surface area (TPSA) is 74.0 Å². The number of thiocarbonyl (C=S) groups is 1. The van der Waals surface area contributed by atoms with Gasteiger partial charge in [-0.25, -0.2) is 0 Å². The lowest BCUT2D eigenvalue weighted by Gasteiger charge is -2.34. The number of carbonyl (C=O) groups is 1. The standard InChI is InChI=1S/C19H21N5OS/c20-19(26)22-21-12-15-6-8-17(9-7-15)24-11-10-23(14-18(24)25)13-16-4-2-1-3-5-16/h1-9,12H,10-11,13-14H2,(H3,20,22,26)/b21-12+. The van der Waals surface area contributed by atoms with Gasteiger partial charge in [0.05, 0.1) is 12.8 Å². The van der Waals surface area contributed by atoms with Crippen LogP contribution in [0.3, 0.4) is 0 Å². The zero-order valence-corrected chi connectivity index (χ0v) is 15.2. The number of nitrogens with two attached hydrogens (primary N) is 1. The van der Waals surface area contributed by atoms with Crippen LogP contribution in [0.4, 0.5) is 5.69 Å². The van der Waals surface area contributed by atoms with Gasteiger partial charge in [0.25, 0.3) is 0 Å². The summed E-state index contributed by atoms with van der Waals surface area (Å²) in [5.41, 5.74) is 10.8. The fraction of sp³-hybridized carbons (Fsp3) is 0.211. The van der Waals surface area contributed by atoms with Crippen molar-refractivity contribution in [3.63, 3.8) is 0 Å². The first-order valence-corrected chi connectivity index (χ1v) is 8.78. The zero-order valence-electron chi connectivity index (χ0n) is 14.3. The second-order valence-corrected chi connectivity index (χ2v) is 6.51. The van der Waals surface area contributed by atoms with Crippen molar-refractivity contribution in [3.05, 3.63) is 65.7 Å². The third-order valence-corrected chi connectivity index (χ3v) is 4.23. The maximum Gasteiger partial charge on any atom is 0.241 e. The van der Waals surface area contributed by atoms with E-state index in [9.17, 15) is 4.79 Å². The molecule has 7 heteroatoms. The summed E-state index contributed by atoms with van der Waals surface area (Å²) in [4.78, 5) is 16.6. The molecule has 1 aliphatic heterocycles. The van der Waals surface area contributed by atoms with Gasteiger partial charge >= 0.3 is 0 Å². The Kier molecular flexibility index (Phi) is 5.93. The lowest BCUT2D eigenvalue weighted by Crippen LogP contribution is -2.50. The molecule has 0 unspecified atom stereocenters. The molecule has 0 bridgehead atoms. The lowest BCUT2D eigenvalue weighted by molar-refractivity contribution is -0.121. The number of rotatable bonds is 5. The molecule has 6 nitrogen and oxygen atoms in total. The second-order valence-electron chi connectivity index (χ2n) is 6.07. The molecule has 0 radical (unpaired) electrons. The van der Waals surface area contributed by atoms with Gasteiger partial charge < -0.3 is 10.6 Å². The maximum atomic E-state index is 12.5. The van der Waals surface area contributed by atoms with Crippen molar-refractivity contribution in [1.82, 2.24) is 10.3 Å². The van der Waals surface area contributed by atoms with Crippen LogP contribution in [0, 0.1) is 0 Å². The lowest BCUT2D eigenvalue weighted by atomic mass is 10.1. The Balaban J connectivity index is 1.58. The van der Waals surface area contributed by atoms with Crippen LogP contribution < -0.4 is 16.1 Å². The van der Waals surface area contributed by atoms with E-state index >= 15 is 0 Å². The first-order valence-electron chi connectivity index (χ1n) is 8.37. The predicted molar refractivity (Wildman–Crippen MR) is 108 cm³/mol. The molecule has 0 spiro atoms. The number of carbonyl (C=O) groups excluding carboxylic acids is 1. The van der Waals surface area contributed by atoms with Gasteiger partial charge in [-0.15, -0.1) is 0 Å². The van der Waals surface area contributed by atoms with Gasteiger partial charge in [0.15, 0.2) is 5.11 Å². The second kappa shape index (κ2) is 8.55. The molecule has 26 heavy (non-hydrogen) atoms. The van der Waals surface area contributed by atoms with Crippen molar-refractivity contribution < 1.29 is 4.79 Å². The first kappa shape index (κ1) is 18.0. The highest BCUT2D eigenvalue weighted by molar-refractivity contribution is 7.80. The quantitative estimate of drug-likeness (QED) is 0.478. The Morgan fingerprint density at radius 3 is 2.54 bits per heavy atom. The normalized spacial score (nSPS) is 15.4. The molecule has 1 heterocycles. The number of nitrogens with zero attached hydrogens (tertiary/aromatic N) is 3. The van der Waals surface area contributed by atoms with E-state index in [-0.39, 0.29) is 11.0 Å². The highest BCUT2D eigenvalue weighted by atomic mass is 32.1. The molecule has 1 saturated heterocycles. The van der Waals surface area contributed by atoms with Gasteiger partial charge in [0.1, 0.15) is 0 Å². The van der Waals surface area contributed by atoms with Crippen molar-refractivity contribution in [2.45, 2.75) is 6.54 Å². The average molecular weight is 367 g/mol.